The average molecular weight is 310 g/mol. The molecule has 2 rings (SSSR count). The van der Waals surface area contributed by atoms with Crippen molar-refractivity contribution in [1.29, 1.82) is 0 Å². The van der Waals surface area contributed by atoms with Gasteiger partial charge in [-0.25, -0.2) is 0 Å². The van der Waals surface area contributed by atoms with Gasteiger partial charge in [-0.05, 0) is 30.5 Å². The second-order valence-corrected chi connectivity index (χ2v) is 6.31. The van der Waals surface area contributed by atoms with E-state index in [4.69, 9.17) is 26.6 Å². The van der Waals surface area contributed by atoms with Gasteiger partial charge in [0.15, 0.2) is 0 Å². The molecule has 1 aromatic heterocycles. The Labute approximate surface area is 129 Å². The monoisotopic (exact) mass is 309 g/mol. The van der Waals surface area contributed by atoms with Crippen LogP contribution in [0.1, 0.15) is 39.6 Å². The predicted molar refractivity (Wildman–Crippen MR) is 83.0 cm³/mol. The number of anilines is 1. The van der Waals surface area contributed by atoms with Gasteiger partial charge in [0.25, 0.3) is 5.89 Å². The van der Waals surface area contributed by atoms with E-state index in [-0.39, 0.29) is 11.5 Å². The Bertz CT molecular complexity index is 620. The predicted octanol–water partition coefficient (Wildman–Crippen LogP) is 4.10. The number of benzene rings is 1. The molecule has 2 N–H and O–H groups in total. The van der Waals surface area contributed by atoms with Crippen LogP contribution in [0.25, 0.3) is 11.5 Å². The summed E-state index contributed by atoms with van der Waals surface area (Å²) in [6, 6.07) is 5.15. The molecule has 5 nitrogen and oxygen atoms in total. The fourth-order valence-electron chi connectivity index (χ4n) is 2.04. The largest absolute Gasteiger partial charge is 0.399 e. The van der Waals surface area contributed by atoms with E-state index in [1.807, 2.05) is 6.92 Å². The minimum Gasteiger partial charge on any atom is -0.399 e. The summed E-state index contributed by atoms with van der Waals surface area (Å²) in [5.41, 5.74) is 6.85. The quantitative estimate of drug-likeness (QED) is 0.861. The highest BCUT2D eigenvalue weighted by Crippen LogP contribution is 2.36. The van der Waals surface area contributed by atoms with Gasteiger partial charge in [-0.1, -0.05) is 37.5 Å². The van der Waals surface area contributed by atoms with Gasteiger partial charge < -0.3 is 15.0 Å². The SMILES string of the molecule is CCOC(c1noc(-c2cc(N)ccc2Cl)n1)C(C)(C)C. The molecule has 6 heteroatoms. The topological polar surface area (TPSA) is 74.2 Å². The number of rotatable bonds is 4. The summed E-state index contributed by atoms with van der Waals surface area (Å²) in [5, 5.41) is 4.55. The van der Waals surface area contributed by atoms with E-state index in [0.29, 0.717) is 34.6 Å². The van der Waals surface area contributed by atoms with E-state index in [1.54, 1.807) is 18.2 Å². The van der Waals surface area contributed by atoms with Crippen molar-refractivity contribution in [2.75, 3.05) is 12.3 Å². The first-order chi connectivity index (χ1) is 9.82. The van der Waals surface area contributed by atoms with Gasteiger partial charge in [0.1, 0.15) is 6.10 Å². The molecule has 0 aliphatic rings. The number of aromatic nitrogens is 2. The van der Waals surface area contributed by atoms with E-state index in [1.165, 1.54) is 0 Å². The van der Waals surface area contributed by atoms with Crippen LogP contribution < -0.4 is 5.73 Å². The van der Waals surface area contributed by atoms with Crippen LogP contribution in [0.2, 0.25) is 5.02 Å². The Hall–Kier alpha value is -1.59. The summed E-state index contributed by atoms with van der Waals surface area (Å²) in [5.74, 6) is 0.856. The smallest absolute Gasteiger partial charge is 0.259 e. The maximum absolute atomic E-state index is 6.16. The van der Waals surface area contributed by atoms with Gasteiger partial charge in [-0.2, -0.15) is 4.98 Å². The van der Waals surface area contributed by atoms with Crippen LogP contribution in [-0.2, 0) is 4.74 Å². The molecule has 0 amide bonds. The van der Waals surface area contributed by atoms with Crippen molar-refractivity contribution in [3.8, 4) is 11.5 Å². The average Bonchev–Trinajstić information content (AvgIpc) is 2.86. The first-order valence-corrected chi connectivity index (χ1v) is 7.21. The van der Waals surface area contributed by atoms with E-state index in [2.05, 4.69) is 30.9 Å². The summed E-state index contributed by atoms with van der Waals surface area (Å²) >= 11 is 6.16. The van der Waals surface area contributed by atoms with Gasteiger partial charge in [0.2, 0.25) is 5.82 Å². The van der Waals surface area contributed by atoms with Crippen molar-refractivity contribution >= 4 is 17.3 Å². The summed E-state index contributed by atoms with van der Waals surface area (Å²) in [6.45, 7) is 8.71. The summed E-state index contributed by atoms with van der Waals surface area (Å²) in [6.07, 6.45) is -0.250. The van der Waals surface area contributed by atoms with Crippen LogP contribution in [0.3, 0.4) is 0 Å². The number of ether oxygens (including phenoxy) is 1. The third kappa shape index (κ3) is 3.54. The molecule has 1 aromatic carbocycles. The Balaban J connectivity index is 2.38. The maximum atomic E-state index is 6.16. The standard InChI is InChI=1S/C15H20ClN3O2/c1-5-20-12(15(2,3)4)13-18-14(21-19-13)10-8-9(17)6-7-11(10)16/h6-8,12H,5,17H2,1-4H3. The molecule has 21 heavy (non-hydrogen) atoms. The maximum Gasteiger partial charge on any atom is 0.259 e. The number of halogens is 1. The molecular formula is C15H20ClN3O2. The van der Waals surface area contributed by atoms with Crippen molar-refractivity contribution in [3.05, 3.63) is 29.0 Å². The summed E-state index contributed by atoms with van der Waals surface area (Å²) in [7, 11) is 0. The fourth-order valence-corrected chi connectivity index (χ4v) is 2.23. The molecule has 0 fully saturated rings. The lowest BCUT2D eigenvalue weighted by molar-refractivity contribution is -0.0203. The van der Waals surface area contributed by atoms with E-state index in [0.717, 1.165) is 0 Å². The molecule has 114 valence electrons. The number of nitrogens with two attached hydrogens (primary N) is 1. The summed E-state index contributed by atoms with van der Waals surface area (Å²) in [4.78, 5) is 4.43. The van der Waals surface area contributed by atoms with Crippen LogP contribution in [0, 0.1) is 5.41 Å². The van der Waals surface area contributed by atoms with E-state index < -0.39 is 0 Å². The van der Waals surface area contributed by atoms with E-state index >= 15 is 0 Å². The van der Waals surface area contributed by atoms with Crippen LogP contribution in [0.5, 0.6) is 0 Å². The van der Waals surface area contributed by atoms with Gasteiger partial charge >= 0.3 is 0 Å². The normalized spacial score (nSPS) is 13.4. The van der Waals surface area contributed by atoms with Crippen molar-refractivity contribution in [2.24, 2.45) is 5.41 Å². The Morgan fingerprint density at radius 1 is 1.38 bits per heavy atom. The molecule has 2 aromatic rings. The highest BCUT2D eigenvalue weighted by atomic mass is 35.5. The zero-order chi connectivity index (χ0) is 15.6. The Morgan fingerprint density at radius 3 is 2.71 bits per heavy atom. The number of hydrogen-bond donors (Lipinski definition) is 1. The number of nitrogen functional groups attached to an aromatic ring is 1. The molecule has 1 atom stereocenters. The minimum atomic E-state index is -0.250. The molecule has 0 aliphatic heterocycles. The van der Waals surface area contributed by atoms with Crippen LogP contribution in [-0.4, -0.2) is 16.7 Å². The second-order valence-electron chi connectivity index (χ2n) is 5.90. The Morgan fingerprint density at radius 2 is 2.10 bits per heavy atom. The molecular weight excluding hydrogens is 290 g/mol. The van der Waals surface area contributed by atoms with Crippen LogP contribution in [0.15, 0.2) is 22.7 Å². The highest BCUT2D eigenvalue weighted by molar-refractivity contribution is 6.33. The van der Waals surface area contributed by atoms with Crippen molar-refractivity contribution in [2.45, 2.75) is 33.8 Å². The third-order valence-corrected chi connectivity index (χ3v) is 3.35. The van der Waals surface area contributed by atoms with Crippen molar-refractivity contribution in [1.82, 2.24) is 10.1 Å². The second kappa shape index (κ2) is 6.03. The molecule has 1 heterocycles. The zero-order valence-corrected chi connectivity index (χ0v) is 13.4. The molecule has 0 saturated carbocycles. The van der Waals surface area contributed by atoms with Crippen molar-refractivity contribution in [3.63, 3.8) is 0 Å². The van der Waals surface area contributed by atoms with Gasteiger partial charge in [-0.15, -0.1) is 0 Å². The first kappa shape index (κ1) is 15.8. The van der Waals surface area contributed by atoms with Gasteiger partial charge in [0, 0.05) is 12.3 Å². The third-order valence-electron chi connectivity index (χ3n) is 3.02. The fraction of sp³-hybridized carbons (Fsp3) is 0.467. The lowest BCUT2D eigenvalue weighted by Crippen LogP contribution is -2.22. The highest BCUT2D eigenvalue weighted by Gasteiger charge is 2.31. The van der Waals surface area contributed by atoms with E-state index in [9.17, 15) is 0 Å². The first-order valence-electron chi connectivity index (χ1n) is 6.83. The molecule has 0 radical (unpaired) electrons. The number of hydrogen-bond acceptors (Lipinski definition) is 5. The van der Waals surface area contributed by atoms with Crippen LogP contribution in [0.4, 0.5) is 5.69 Å². The van der Waals surface area contributed by atoms with Gasteiger partial charge in [0.05, 0.1) is 10.6 Å². The lowest BCUT2D eigenvalue weighted by Gasteiger charge is -2.27. The lowest BCUT2D eigenvalue weighted by atomic mass is 9.88. The molecule has 1 unspecified atom stereocenters. The molecule has 0 aliphatic carbocycles. The van der Waals surface area contributed by atoms with Crippen LogP contribution >= 0.6 is 11.6 Å². The number of nitrogens with zero attached hydrogens (tertiary/aromatic N) is 2. The summed E-state index contributed by atoms with van der Waals surface area (Å²) < 4.78 is 11.1. The molecule has 0 saturated heterocycles. The van der Waals surface area contributed by atoms with Gasteiger partial charge in [-0.3, -0.25) is 0 Å². The molecule has 0 bridgehead atoms. The molecule has 0 spiro atoms. The zero-order valence-electron chi connectivity index (χ0n) is 12.7. The van der Waals surface area contributed by atoms with Crippen molar-refractivity contribution < 1.29 is 9.26 Å². The Kier molecular flexibility index (Phi) is 4.54. The minimum absolute atomic E-state index is 0.142.